The Hall–Kier alpha value is -2.32. The van der Waals surface area contributed by atoms with Crippen molar-refractivity contribution in [2.24, 2.45) is 5.73 Å². The molecule has 0 amide bonds. The molecule has 0 spiro atoms. The van der Waals surface area contributed by atoms with E-state index in [4.69, 9.17) is 23.2 Å². The van der Waals surface area contributed by atoms with Crippen LogP contribution in [0.3, 0.4) is 0 Å². The molecule has 17 heavy (non-hydrogen) atoms. The van der Waals surface area contributed by atoms with Crippen molar-refractivity contribution in [3.05, 3.63) is 41.7 Å². The van der Waals surface area contributed by atoms with Crippen LogP contribution in [0.4, 0.5) is 0 Å². The van der Waals surface area contributed by atoms with Gasteiger partial charge < -0.3 is 5.73 Å². The standard InChI is InChI=1S/C12H8N4S/c13-7-9(12(14)17)5-8-1-2-10-11(6-8)16-4-3-15-10/h1-6H,(H2,14,17). The average molecular weight is 240 g/mol. The van der Waals surface area contributed by atoms with E-state index in [1.165, 1.54) is 0 Å². The van der Waals surface area contributed by atoms with E-state index in [0.717, 1.165) is 16.6 Å². The molecule has 0 bridgehead atoms. The minimum absolute atomic E-state index is 0.0896. The number of nitrogens with zero attached hydrogens (tertiary/aromatic N) is 3. The maximum atomic E-state index is 8.86. The molecular formula is C12H8N4S. The first-order valence-corrected chi connectivity index (χ1v) is 5.24. The summed E-state index contributed by atoms with van der Waals surface area (Å²) in [4.78, 5) is 8.43. The molecule has 0 aliphatic heterocycles. The topological polar surface area (TPSA) is 75.6 Å². The summed E-state index contributed by atoms with van der Waals surface area (Å²) in [6, 6.07) is 7.46. The second-order valence-corrected chi connectivity index (χ2v) is 3.78. The molecule has 0 fully saturated rings. The van der Waals surface area contributed by atoms with E-state index in [1.807, 2.05) is 24.3 Å². The van der Waals surface area contributed by atoms with Gasteiger partial charge in [0.05, 0.1) is 16.6 Å². The van der Waals surface area contributed by atoms with E-state index >= 15 is 0 Å². The van der Waals surface area contributed by atoms with Crippen LogP contribution in [-0.4, -0.2) is 15.0 Å². The van der Waals surface area contributed by atoms with Gasteiger partial charge in [0.2, 0.25) is 0 Å². The molecule has 82 valence electrons. The first-order chi connectivity index (χ1) is 8.20. The van der Waals surface area contributed by atoms with Gasteiger partial charge in [-0.25, -0.2) is 0 Å². The second-order valence-electron chi connectivity index (χ2n) is 3.34. The Balaban J connectivity index is 2.51. The Morgan fingerprint density at radius 2 is 2.00 bits per heavy atom. The number of hydrogen-bond donors (Lipinski definition) is 1. The number of thiocarbonyl (C=S) groups is 1. The Labute approximate surface area is 103 Å². The molecular weight excluding hydrogens is 232 g/mol. The first-order valence-electron chi connectivity index (χ1n) is 4.83. The van der Waals surface area contributed by atoms with Crippen molar-refractivity contribution in [3.63, 3.8) is 0 Å². The summed E-state index contributed by atoms with van der Waals surface area (Å²) in [5.74, 6) is 0. The molecule has 0 radical (unpaired) electrons. The van der Waals surface area contributed by atoms with Gasteiger partial charge in [0.15, 0.2) is 0 Å². The maximum absolute atomic E-state index is 8.86. The fourth-order valence-electron chi connectivity index (χ4n) is 1.40. The van der Waals surface area contributed by atoms with Gasteiger partial charge in [0.1, 0.15) is 11.1 Å². The highest BCUT2D eigenvalue weighted by Crippen LogP contribution is 2.13. The summed E-state index contributed by atoms with van der Waals surface area (Å²) in [7, 11) is 0. The molecule has 1 aromatic heterocycles. The SMILES string of the molecule is N#CC(=Cc1ccc2nccnc2c1)C(N)=S. The normalized spacial score (nSPS) is 11.1. The Kier molecular flexibility index (Phi) is 3.08. The third-order valence-corrected chi connectivity index (χ3v) is 2.41. The van der Waals surface area contributed by atoms with Gasteiger partial charge in [-0.15, -0.1) is 0 Å². The van der Waals surface area contributed by atoms with Crippen molar-refractivity contribution in [2.45, 2.75) is 0 Å². The van der Waals surface area contributed by atoms with Crippen LogP contribution in [0, 0.1) is 11.3 Å². The largest absolute Gasteiger partial charge is 0.389 e. The highest BCUT2D eigenvalue weighted by Gasteiger charge is 2.01. The van der Waals surface area contributed by atoms with Crippen LogP contribution in [0.2, 0.25) is 0 Å². The van der Waals surface area contributed by atoms with Gasteiger partial charge in [0.25, 0.3) is 0 Å². The smallest absolute Gasteiger partial charge is 0.114 e. The summed E-state index contributed by atoms with van der Waals surface area (Å²) < 4.78 is 0. The number of rotatable bonds is 2. The highest BCUT2D eigenvalue weighted by atomic mass is 32.1. The van der Waals surface area contributed by atoms with Crippen molar-refractivity contribution in [3.8, 4) is 6.07 Å². The molecule has 2 rings (SSSR count). The van der Waals surface area contributed by atoms with E-state index in [0.29, 0.717) is 0 Å². The summed E-state index contributed by atoms with van der Waals surface area (Å²) in [5.41, 5.74) is 8.09. The summed E-state index contributed by atoms with van der Waals surface area (Å²) in [6.45, 7) is 0. The van der Waals surface area contributed by atoms with E-state index in [-0.39, 0.29) is 10.6 Å². The molecule has 0 saturated carbocycles. The third kappa shape index (κ3) is 2.44. The van der Waals surface area contributed by atoms with E-state index in [1.54, 1.807) is 18.5 Å². The van der Waals surface area contributed by atoms with Crippen molar-refractivity contribution in [1.29, 1.82) is 5.26 Å². The summed E-state index contributed by atoms with van der Waals surface area (Å²) >= 11 is 4.77. The highest BCUT2D eigenvalue weighted by molar-refractivity contribution is 7.80. The van der Waals surface area contributed by atoms with Crippen molar-refractivity contribution < 1.29 is 0 Å². The quantitative estimate of drug-likeness (QED) is 0.492. The molecule has 0 aliphatic carbocycles. The Bertz CT molecular complexity index is 655. The van der Waals surface area contributed by atoms with Gasteiger partial charge in [-0.1, -0.05) is 18.3 Å². The third-order valence-electron chi connectivity index (χ3n) is 2.19. The Morgan fingerprint density at radius 1 is 1.29 bits per heavy atom. The number of benzene rings is 1. The average Bonchev–Trinajstić information content (AvgIpc) is 2.35. The molecule has 4 nitrogen and oxygen atoms in total. The minimum atomic E-state index is 0.0896. The number of nitriles is 1. The fraction of sp³-hybridized carbons (Fsp3) is 0. The lowest BCUT2D eigenvalue weighted by molar-refractivity contribution is 1.29. The van der Waals surface area contributed by atoms with Gasteiger partial charge in [-0.05, 0) is 23.8 Å². The minimum Gasteiger partial charge on any atom is -0.389 e. The fourth-order valence-corrected chi connectivity index (χ4v) is 1.50. The molecule has 0 atom stereocenters. The number of nitrogens with two attached hydrogens (primary N) is 1. The molecule has 5 heteroatoms. The lowest BCUT2D eigenvalue weighted by Gasteiger charge is -1.99. The van der Waals surface area contributed by atoms with E-state index in [9.17, 15) is 0 Å². The zero-order chi connectivity index (χ0) is 12.3. The molecule has 2 aromatic rings. The van der Waals surface area contributed by atoms with Gasteiger partial charge >= 0.3 is 0 Å². The Morgan fingerprint density at radius 3 is 2.65 bits per heavy atom. The van der Waals surface area contributed by atoms with Gasteiger partial charge in [-0.2, -0.15) is 5.26 Å². The first kappa shape index (κ1) is 11.2. The van der Waals surface area contributed by atoms with E-state index in [2.05, 4.69) is 9.97 Å². The van der Waals surface area contributed by atoms with E-state index < -0.39 is 0 Å². The predicted molar refractivity (Wildman–Crippen MR) is 69.9 cm³/mol. The lowest BCUT2D eigenvalue weighted by atomic mass is 10.1. The predicted octanol–water partition coefficient (Wildman–Crippen LogP) is 1.82. The second kappa shape index (κ2) is 4.68. The monoisotopic (exact) mass is 240 g/mol. The number of hydrogen-bond acceptors (Lipinski definition) is 4. The van der Waals surface area contributed by atoms with Crippen molar-refractivity contribution >= 4 is 34.3 Å². The molecule has 2 N–H and O–H groups in total. The van der Waals surface area contributed by atoms with Crippen LogP contribution in [0.5, 0.6) is 0 Å². The van der Waals surface area contributed by atoms with Crippen molar-refractivity contribution in [1.82, 2.24) is 9.97 Å². The van der Waals surface area contributed by atoms with Crippen molar-refractivity contribution in [2.75, 3.05) is 0 Å². The van der Waals surface area contributed by atoms with Crippen LogP contribution < -0.4 is 5.73 Å². The summed E-state index contributed by atoms with van der Waals surface area (Å²) in [6.07, 6.45) is 4.89. The van der Waals surface area contributed by atoms with Crippen LogP contribution in [-0.2, 0) is 0 Å². The zero-order valence-corrected chi connectivity index (χ0v) is 9.61. The molecule has 0 saturated heterocycles. The van der Waals surface area contributed by atoms with Crippen LogP contribution in [0.1, 0.15) is 5.56 Å². The molecule has 1 aromatic carbocycles. The van der Waals surface area contributed by atoms with Crippen LogP contribution in [0.15, 0.2) is 36.2 Å². The molecule has 0 aliphatic rings. The van der Waals surface area contributed by atoms with Gasteiger partial charge in [0, 0.05) is 12.4 Å². The van der Waals surface area contributed by atoms with Gasteiger partial charge in [-0.3, -0.25) is 9.97 Å². The molecule has 1 heterocycles. The lowest BCUT2D eigenvalue weighted by Crippen LogP contribution is -2.09. The number of aromatic nitrogens is 2. The van der Waals surface area contributed by atoms with Crippen LogP contribution >= 0.6 is 12.2 Å². The molecule has 0 unspecified atom stereocenters. The van der Waals surface area contributed by atoms with Crippen LogP contribution in [0.25, 0.3) is 17.1 Å². The number of fused-ring (bicyclic) bond motifs is 1. The maximum Gasteiger partial charge on any atom is 0.114 e. The zero-order valence-electron chi connectivity index (χ0n) is 8.79. The summed E-state index contributed by atoms with van der Waals surface area (Å²) in [5, 5.41) is 8.86.